The third-order valence-corrected chi connectivity index (χ3v) is 5.34. The number of carboxylic acids is 1. The van der Waals surface area contributed by atoms with Gasteiger partial charge in [0.05, 0.1) is 5.52 Å². The number of carbonyl (C=O) groups is 1. The van der Waals surface area contributed by atoms with Crippen LogP contribution < -0.4 is 4.57 Å². The Morgan fingerprint density at radius 2 is 1.85 bits per heavy atom. The molecule has 26 heavy (non-hydrogen) atoms. The molecule has 4 aromatic rings. The van der Waals surface area contributed by atoms with E-state index in [2.05, 4.69) is 66.1 Å². The summed E-state index contributed by atoms with van der Waals surface area (Å²) in [6.07, 6.45) is 6.13. The standard InChI is InChI=1S/C22H22N2O2/c1-14-18-13-24(11-6-5-9-20(25)26)12-10-16(18)15(2)22-21(14)17-7-3-4-8-19(17)23-22/h3-4,7-8,10,12-13H,5-6,9,11H2,1-2H3,(H,25,26)/p+1. The van der Waals surface area contributed by atoms with Crippen LogP contribution in [0, 0.1) is 13.8 Å². The van der Waals surface area contributed by atoms with E-state index < -0.39 is 5.97 Å². The summed E-state index contributed by atoms with van der Waals surface area (Å²) in [5, 5.41) is 13.9. The SMILES string of the molecule is Cc1c2cc[n+](CCCCC(=O)O)cc2c(C)c2c1[nH]c1ccccc12. The monoisotopic (exact) mass is 347 g/mol. The second kappa shape index (κ2) is 6.45. The van der Waals surface area contributed by atoms with Crippen molar-refractivity contribution < 1.29 is 14.5 Å². The molecule has 0 saturated carbocycles. The maximum atomic E-state index is 10.7. The van der Waals surface area contributed by atoms with Crippen LogP contribution in [0.4, 0.5) is 0 Å². The Hall–Kier alpha value is -2.88. The number of aryl methyl sites for hydroxylation is 3. The topological polar surface area (TPSA) is 57.0 Å². The summed E-state index contributed by atoms with van der Waals surface area (Å²) < 4.78 is 2.18. The molecule has 0 spiro atoms. The molecule has 4 rings (SSSR count). The summed E-state index contributed by atoms with van der Waals surface area (Å²) in [5.74, 6) is -0.721. The molecule has 0 atom stereocenters. The fraction of sp³-hybridized carbons (Fsp3) is 0.273. The third kappa shape index (κ3) is 2.71. The van der Waals surface area contributed by atoms with Crippen LogP contribution in [0.3, 0.4) is 0 Å². The number of unbranched alkanes of at least 4 members (excludes halogenated alkanes) is 1. The van der Waals surface area contributed by atoms with E-state index in [0.717, 1.165) is 13.0 Å². The molecule has 2 heterocycles. The molecular formula is C22H23N2O2+. The lowest BCUT2D eigenvalue weighted by molar-refractivity contribution is -0.696. The van der Waals surface area contributed by atoms with Crippen molar-refractivity contribution in [1.29, 1.82) is 0 Å². The molecule has 4 heteroatoms. The van der Waals surface area contributed by atoms with E-state index in [4.69, 9.17) is 5.11 Å². The van der Waals surface area contributed by atoms with Crippen molar-refractivity contribution in [3.05, 3.63) is 53.9 Å². The predicted molar refractivity (Wildman–Crippen MR) is 104 cm³/mol. The Bertz CT molecular complexity index is 1140. The molecule has 0 radical (unpaired) electrons. The molecule has 2 N–H and O–H groups in total. The van der Waals surface area contributed by atoms with Crippen LogP contribution in [0.25, 0.3) is 32.6 Å². The van der Waals surface area contributed by atoms with Crippen molar-refractivity contribution in [1.82, 2.24) is 4.98 Å². The lowest BCUT2D eigenvalue weighted by atomic mass is 9.97. The van der Waals surface area contributed by atoms with Gasteiger partial charge in [-0.05, 0) is 42.8 Å². The number of benzene rings is 2. The number of aromatic nitrogens is 2. The van der Waals surface area contributed by atoms with E-state index >= 15 is 0 Å². The van der Waals surface area contributed by atoms with Crippen LogP contribution in [0.1, 0.15) is 30.4 Å². The Morgan fingerprint density at radius 3 is 2.65 bits per heavy atom. The number of hydrogen-bond donors (Lipinski definition) is 2. The number of aromatic amines is 1. The Kier molecular flexibility index (Phi) is 4.11. The maximum Gasteiger partial charge on any atom is 0.303 e. The summed E-state index contributed by atoms with van der Waals surface area (Å²) in [5.41, 5.74) is 4.95. The highest BCUT2D eigenvalue weighted by Crippen LogP contribution is 2.35. The lowest BCUT2D eigenvalue weighted by Gasteiger charge is -2.08. The number of nitrogens with zero attached hydrogens (tertiary/aromatic N) is 1. The average Bonchev–Trinajstić information content (AvgIpc) is 3.03. The van der Waals surface area contributed by atoms with Crippen molar-refractivity contribution >= 4 is 38.5 Å². The zero-order valence-corrected chi connectivity index (χ0v) is 15.2. The second-order valence-electron chi connectivity index (χ2n) is 7.03. The van der Waals surface area contributed by atoms with E-state index in [-0.39, 0.29) is 6.42 Å². The Balaban J connectivity index is 1.82. The van der Waals surface area contributed by atoms with Gasteiger partial charge in [-0.3, -0.25) is 4.79 Å². The van der Waals surface area contributed by atoms with Gasteiger partial charge in [0.1, 0.15) is 6.54 Å². The van der Waals surface area contributed by atoms with Crippen LogP contribution in [-0.2, 0) is 11.3 Å². The largest absolute Gasteiger partial charge is 0.481 e. The van der Waals surface area contributed by atoms with Gasteiger partial charge in [-0.25, -0.2) is 4.57 Å². The van der Waals surface area contributed by atoms with E-state index in [0.29, 0.717) is 6.42 Å². The molecule has 0 bridgehead atoms. The molecule has 0 amide bonds. The predicted octanol–water partition coefficient (Wildman–Crippen LogP) is 4.63. The summed E-state index contributed by atoms with van der Waals surface area (Å²) in [6.45, 7) is 5.21. The summed E-state index contributed by atoms with van der Waals surface area (Å²) >= 11 is 0. The molecule has 0 unspecified atom stereocenters. The zero-order valence-electron chi connectivity index (χ0n) is 15.2. The molecule has 132 valence electrons. The second-order valence-corrected chi connectivity index (χ2v) is 7.03. The number of carboxylic acid groups (broad SMARTS) is 1. The first-order chi connectivity index (χ1) is 12.6. The van der Waals surface area contributed by atoms with E-state index in [1.165, 1.54) is 43.7 Å². The van der Waals surface area contributed by atoms with Crippen LogP contribution in [-0.4, -0.2) is 16.1 Å². The van der Waals surface area contributed by atoms with Crippen LogP contribution in [0.2, 0.25) is 0 Å². The lowest BCUT2D eigenvalue weighted by Crippen LogP contribution is -2.32. The highest BCUT2D eigenvalue weighted by molar-refractivity contribution is 6.16. The number of pyridine rings is 1. The third-order valence-electron chi connectivity index (χ3n) is 5.34. The molecular weight excluding hydrogens is 324 g/mol. The molecule has 0 aliphatic carbocycles. The number of fused-ring (bicyclic) bond motifs is 4. The summed E-state index contributed by atoms with van der Waals surface area (Å²) in [4.78, 5) is 14.2. The van der Waals surface area contributed by atoms with Crippen LogP contribution in [0.5, 0.6) is 0 Å². The quantitative estimate of drug-likeness (QED) is 0.408. The summed E-state index contributed by atoms with van der Waals surface area (Å²) in [6, 6.07) is 10.6. The van der Waals surface area contributed by atoms with Gasteiger partial charge in [0.25, 0.3) is 0 Å². The first-order valence-corrected chi connectivity index (χ1v) is 9.10. The molecule has 0 saturated heterocycles. The number of hydrogen-bond acceptors (Lipinski definition) is 1. The fourth-order valence-electron chi connectivity index (χ4n) is 3.96. The minimum Gasteiger partial charge on any atom is -0.481 e. The van der Waals surface area contributed by atoms with Crippen molar-refractivity contribution in [3.63, 3.8) is 0 Å². The minimum absolute atomic E-state index is 0.238. The van der Waals surface area contributed by atoms with E-state index in [9.17, 15) is 4.79 Å². The zero-order chi connectivity index (χ0) is 18.3. The smallest absolute Gasteiger partial charge is 0.303 e. The fourth-order valence-corrected chi connectivity index (χ4v) is 3.96. The highest BCUT2D eigenvalue weighted by atomic mass is 16.4. The van der Waals surface area contributed by atoms with Gasteiger partial charge >= 0.3 is 5.97 Å². The Morgan fingerprint density at radius 1 is 1.04 bits per heavy atom. The maximum absolute atomic E-state index is 10.7. The van der Waals surface area contributed by atoms with Gasteiger partial charge in [0.2, 0.25) is 0 Å². The van der Waals surface area contributed by atoms with Gasteiger partial charge in [-0.2, -0.15) is 0 Å². The molecule has 2 aromatic heterocycles. The van der Waals surface area contributed by atoms with Gasteiger partial charge in [0.15, 0.2) is 12.4 Å². The number of aliphatic carboxylic acids is 1. The van der Waals surface area contributed by atoms with Gasteiger partial charge in [-0.1, -0.05) is 18.2 Å². The molecule has 0 aliphatic rings. The van der Waals surface area contributed by atoms with Crippen molar-refractivity contribution in [2.75, 3.05) is 0 Å². The number of H-pyrrole nitrogens is 1. The van der Waals surface area contributed by atoms with Gasteiger partial charge in [-0.15, -0.1) is 0 Å². The minimum atomic E-state index is -0.721. The van der Waals surface area contributed by atoms with Gasteiger partial charge < -0.3 is 10.1 Å². The van der Waals surface area contributed by atoms with Crippen molar-refractivity contribution in [3.8, 4) is 0 Å². The number of para-hydroxylation sites is 1. The van der Waals surface area contributed by atoms with Crippen LogP contribution in [0.15, 0.2) is 42.7 Å². The molecule has 2 aromatic carbocycles. The molecule has 0 fully saturated rings. The van der Waals surface area contributed by atoms with E-state index in [1.54, 1.807) is 0 Å². The first-order valence-electron chi connectivity index (χ1n) is 9.10. The van der Waals surface area contributed by atoms with Crippen LogP contribution >= 0.6 is 0 Å². The molecule has 4 nitrogen and oxygen atoms in total. The normalized spacial score (nSPS) is 11.6. The van der Waals surface area contributed by atoms with Gasteiger partial charge in [0, 0.05) is 40.6 Å². The number of nitrogens with one attached hydrogen (secondary N) is 1. The van der Waals surface area contributed by atoms with E-state index in [1.807, 2.05) is 0 Å². The summed E-state index contributed by atoms with van der Waals surface area (Å²) in [7, 11) is 0. The number of rotatable bonds is 5. The average molecular weight is 347 g/mol. The highest BCUT2D eigenvalue weighted by Gasteiger charge is 2.16. The molecule has 0 aliphatic heterocycles. The van der Waals surface area contributed by atoms with Crippen molar-refractivity contribution in [2.24, 2.45) is 0 Å². The van der Waals surface area contributed by atoms with Crippen molar-refractivity contribution in [2.45, 2.75) is 39.7 Å². The Labute approximate surface area is 152 Å². The first kappa shape index (κ1) is 16.6.